The second-order valence-electron chi connectivity index (χ2n) is 7.47. The number of aryl methyl sites for hydroxylation is 3. The third-order valence-electron chi connectivity index (χ3n) is 5.23. The molecule has 1 amide bonds. The van der Waals surface area contributed by atoms with E-state index in [1.807, 2.05) is 24.3 Å². The minimum atomic E-state index is -3.38. The van der Waals surface area contributed by atoms with E-state index in [0.29, 0.717) is 11.3 Å². The van der Waals surface area contributed by atoms with Crippen LogP contribution in [0, 0.1) is 6.92 Å². The first-order chi connectivity index (χ1) is 13.8. The zero-order valence-electron chi connectivity index (χ0n) is 16.5. The van der Waals surface area contributed by atoms with E-state index in [2.05, 4.69) is 16.1 Å². The molecule has 1 N–H and O–H groups in total. The molecule has 1 aliphatic rings. The Morgan fingerprint density at radius 2 is 1.86 bits per heavy atom. The molecule has 0 spiro atoms. The second kappa shape index (κ2) is 7.48. The molecule has 6 nitrogen and oxygen atoms in total. The Kier molecular flexibility index (Phi) is 5.00. The molecular weight excluding hydrogens is 386 g/mol. The summed E-state index contributed by atoms with van der Waals surface area (Å²) in [5, 5.41) is 2.85. The largest absolute Gasteiger partial charge is 0.334 e. The van der Waals surface area contributed by atoms with Gasteiger partial charge in [0.05, 0.1) is 10.6 Å². The molecule has 0 radical (unpaired) electrons. The van der Waals surface area contributed by atoms with Crippen molar-refractivity contribution in [3.63, 3.8) is 0 Å². The van der Waals surface area contributed by atoms with Crippen LogP contribution in [0.5, 0.6) is 0 Å². The van der Waals surface area contributed by atoms with Crippen molar-refractivity contribution in [2.75, 3.05) is 11.6 Å². The summed E-state index contributed by atoms with van der Waals surface area (Å²) in [4.78, 5) is 17.5. The van der Waals surface area contributed by atoms with Crippen LogP contribution in [0.15, 0.2) is 53.6 Å². The highest BCUT2D eigenvalue weighted by atomic mass is 32.2. The number of aromatic nitrogens is 2. The predicted molar refractivity (Wildman–Crippen MR) is 113 cm³/mol. The van der Waals surface area contributed by atoms with Gasteiger partial charge in [-0.15, -0.1) is 0 Å². The van der Waals surface area contributed by atoms with Gasteiger partial charge in [-0.05, 0) is 49.6 Å². The van der Waals surface area contributed by atoms with E-state index >= 15 is 0 Å². The number of amides is 1. The van der Waals surface area contributed by atoms with Gasteiger partial charge < -0.3 is 9.88 Å². The van der Waals surface area contributed by atoms with Crippen LogP contribution < -0.4 is 5.32 Å². The van der Waals surface area contributed by atoms with E-state index < -0.39 is 9.84 Å². The zero-order chi connectivity index (χ0) is 20.6. The van der Waals surface area contributed by atoms with Crippen molar-refractivity contribution in [1.82, 2.24) is 9.55 Å². The lowest BCUT2D eigenvalue weighted by atomic mass is 10.1. The molecule has 0 fully saturated rings. The average molecular weight is 410 g/mol. The minimum Gasteiger partial charge on any atom is -0.334 e. The van der Waals surface area contributed by atoms with Crippen molar-refractivity contribution in [3.8, 4) is 11.3 Å². The SMILES string of the molecule is Cc1ccc(S(C)(=O)=O)cc1C(=O)Nc1ccc(-c2cn3c(n2)CCCC3)cc1. The maximum Gasteiger partial charge on any atom is 0.255 e. The summed E-state index contributed by atoms with van der Waals surface area (Å²) in [7, 11) is -3.38. The Bertz CT molecular complexity index is 1160. The van der Waals surface area contributed by atoms with Crippen LogP contribution in [0.3, 0.4) is 0 Å². The van der Waals surface area contributed by atoms with Crippen molar-refractivity contribution in [1.29, 1.82) is 0 Å². The fourth-order valence-electron chi connectivity index (χ4n) is 3.55. The van der Waals surface area contributed by atoms with Crippen molar-refractivity contribution in [2.24, 2.45) is 0 Å². The monoisotopic (exact) mass is 409 g/mol. The number of carbonyl (C=O) groups is 1. The number of nitrogens with zero attached hydrogens (tertiary/aromatic N) is 2. The van der Waals surface area contributed by atoms with Crippen LogP contribution in [-0.2, 0) is 22.8 Å². The lowest BCUT2D eigenvalue weighted by Crippen LogP contribution is -2.14. The van der Waals surface area contributed by atoms with Crippen LogP contribution in [0.1, 0.15) is 34.6 Å². The van der Waals surface area contributed by atoms with Gasteiger partial charge in [-0.2, -0.15) is 0 Å². The average Bonchev–Trinajstić information content (AvgIpc) is 3.12. The maximum atomic E-state index is 12.7. The van der Waals surface area contributed by atoms with Gasteiger partial charge in [0.1, 0.15) is 5.82 Å². The van der Waals surface area contributed by atoms with E-state index in [4.69, 9.17) is 4.98 Å². The second-order valence-corrected chi connectivity index (χ2v) is 9.49. The first-order valence-electron chi connectivity index (χ1n) is 9.60. The summed E-state index contributed by atoms with van der Waals surface area (Å²) in [5.74, 6) is 0.795. The van der Waals surface area contributed by atoms with E-state index in [-0.39, 0.29) is 10.8 Å². The molecule has 29 heavy (non-hydrogen) atoms. The van der Waals surface area contributed by atoms with E-state index in [9.17, 15) is 13.2 Å². The molecule has 1 aliphatic heterocycles. The molecule has 4 rings (SSSR count). The van der Waals surface area contributed by atoms with Crippen LogP contribution in [0.2, 0.25) is 0 Å². The van der Waals surface area contributed by atoms with E-state index in [1.165, 1.54) is 25.0 Å². The number of anilines is 1. The summed E-state index contributed by atoms with van der Waals surface area (Å²) < 4.78 is 25.8. The highest BCUT2D eigenvalue weighted by molar-refractivity contribution is 7.90. The summed E-state index contributed by atoms with van der Waals surface area (Å²) >= 11 is 0. The molecule has 2 aromatic carbocycles. The normalized spacial score (nSPS) is 13.7. The summed E-state index contributed by atoms with van der Waals surface area (Å²) in [6.45, 7) is 2.80. The number of imidazole rings is 1. The van der Waals surface area contributed by atoms with Crippen molar-refractivity contribution >= 4 is 21.4 Å². The summed E-state index contributed by atoms with van der Waals surface area (Å²) in [5.41, 5.74) is 3.65. The molecule has 0 aliphatic carbocycles. The number of benzene rings is 2. The lowest BCUT2D eigenvalue weighted by Gasteiger charge is -2.11. The summed E-state index contributed by atoms with van der Waals surface area (Å²) in [6, 6.07) is 12.1. The number of rotatable bonds is 4. The number of hydrogen-bond acceptors (Lipinski definition) is 4. The molecule has 7 heteroatoms. The number of hydrogen-bond donors (Lipinski definition) is 1. The lowest BCUT2D eigenvalue weighted by molar-refractivity contribution is 0.102. The molecule has 2 heterocycles. The molecule has 1 aromatic heterocycles. The van der Waals surface area contributed by atoms with Gasteiger partial charge >= 0.3 is 0 Å². The Labute approximate surface area is 170 Å². The maximum absolute atomic E-state index is 12.7. The van der Waals surface area contributed by atoms with Crippen LogP contribution in [0.25, 0.3) is 11.3 Å². The van der Waals surface area contributed by atoms with Crippen molar-refractivity contribution in [2.45, 2.75) is 37.6 Å². The van der Waals surface area contributed by atoms with Gasteiger partial charge in [0.25, 0.3) is 5.91 Å². The van der Waals surface area contributed by atoms with Gasteiger partial charge in [0.2, 0.25) is 0 Å². The molecular formula is C22H23N3O3S. The van der Waals surface area contributed by atoms with Crippen molar-refractivity contribution < 1.29 is 13.2 Å². The zero-order valence-corrected chi connectivity index (χ0v) is 17.3. The Hall–Kier alpha value is -2.93. The quantitative estimate of drug-likeness (QED) is 0.710. The fraction of sp³-hybridized carbons (Fsp3) is 0.273. The van der Waals surface area contributed by atoms with Crippen LogP contribution in [0.4, 0.5) is 5.69 Å². The molecule has 150 valence electrons. The highest BCUT2D eigenvalue weighted by Crippen LogP contribution is 2.24. The van der Waals surface area contributed by atoms with E-state index in [0.717, 1.165) is 41.9 Å². The topological polar surface area (TPSA) is 81.1 Å². The molecule has 0 atom stereocenters. The molecule has 0 saturated heterocycles. The van der Waals surface area contributed by atoms with Gasteiger partial charge in [0, 0.05) is 42.2 Å². The number of nitrogens with one attached hydrogen (secondary N) is 1. The van der Waals surface area contributed by atoms with Crippen molar-refractivity contribution in [3.05, 3.63) is 65.6 Å². The van der Waals surface area contributed by atoms with Gasteiger partial charge in [0.15, 0.2) is 9.84 Å². The molecule has 0 bridgehead atoms. The summed E-state index contributed by atoms with van der Waals surface area (Å²) in [6.07, 6.45) is 6.60. The van der Waals surface area contributed by atoms with Gasteiger partial charge in [-0.3, -0.25) is 4.79 Å². The molecule has 3 aromatic rings. The van der Waals surface area contributed by atoms with Gasteiger partial charge in [-0.25, -0.2) is 13.4 Å². The number of carbonyl (C=O) groups excluding carboxylic acids is 1. The van der Waals surface area contributed by atoms with Crippen LogP contribution >= 0.6 is 0 Å². The predicted octanol–water partition coefficient (Wildman–Crippen LogP) is 3.85. The Morgan fingerprint density at radius 1 is 1.10 bits per heavy atom. The number of fused-ring (bicyclic) bond motifs is 1. The highest BCUT2D eigenvalue weighted by Gasteiger charge is 2.16. The minimum absolute atomic E-state index is 0.132. The smallest absolute Gasteiger partial charge is 0.255 e. The van der Waals surface area contributed by atoms with Gasteiger partial charge in [-0.1, -0.05) is 18.2 Å². The standard InChI is InChI=1S/C22H23N3O3S/c1-15-6-11-18(29(2,27)28)13-19(15)22(26)23-17-9-7-16(8-10-17)20-14-25-12-4-3-5-21(25)24-20/h6-11,13-14H,3-5,12H2,1-2H3,(H,23,26). The fourth-order valence-corrected chi connectivity index (χ4v) is 4.20. The van der Waals surface area contributed by atoms with E-state index in [1.54, 1.807) is 13.0 Å². The third-order valence-corrected chi connectivity index (χ3v) is 6.34. The number of sulfone groups is 1. The first-order valence-corrected chi connectivity index (χ1v) is 11.5. The first kappa shape index (κ1) is 19.4. The molecule has 0 saturated carbocycles. The Balaban J connectivity index is 1.53. The van der Waals surface area contributed by atoms with Crippen LogP contribution in [-0.4, -0.2) is 30.1 Å². The molecule has 0 unspecified atom stereocenters. The third kappa shape index (κ3) is 4.10. The Morgan fingerprint density at radius 3 is 2.55 bits per heavy atom.